The van der Waals surface area contributed by atoms with Gasteiger partial charge in [0.1, 0.15) is 0 Å². The van der Waals surface area contributed by atoms with Crippen LogP contribution in [0.25, 0.3) is 6.08 Å². The molecule has 0 aliphatic carbocycles. The maximum Gasteiger partial charge on any atom is 0.220 e. The number of rotatable bonds is 2. The highest BCUT2D eigenvalue weighted by Gasteiger charge is 2.18. The number of hydrogen-bond acceptors (Lipinski definition) is 3. The van der Waals surface area contributed by atoms with Crippen LogP contribution in [0, 0.1) is 0 Å². The zero-order valence-electron chi connectivity index (χ0n) is 9.92. The Kier molecular flexibility index (Phi) is 3.25. The maximum absolute atomic E-state index is 5.27. The molecule has 1 unspecified atom stereocenters. The Morgan fingerprint density at radius 3 is 3.12 bits per heavy atom. The molecule has 16 heavy (non-hydrogen) atoms. The quantitative estimate of drug-likeness (QED) is 0.827. The Labute approximate surface area is 96.5 Å². The summed E-state index contributed by atoms with van der Waals surface area (Å²) in [6.07, 6.45) is 2.95. The van der Waals surface area contributed by atoms with Crippen LogP contribution in [0.15, 0.2) is 12.6 Å². The molecule has 1 atom stereocenters. The molecule has 0 bridgehead atoms. The van der Waals surface area contributed by atoms with Crippen molar-refractivity contribution in [3.63, 3.8) is 0 Å². The predicted octanol–water partition coefficient (Wildman–Crippen LogP) is 2.33. The van der Waals surface area contributed by atoms with Gasteiger partial charge in [0.2, 0.25) is 5.88 Å². The molecule has 1 aliphatic rings. The number of hydrogen-bond donors (Lipinski definition) is 1. The van der Waals surface area contributed by atoms with Crippen molar-refractivity contribution >= 4 is 6.08 Å². The van der Waals surface area contributed by atoms with Crippen molar-refractivity contribution < 1.29 is 4.74 Å². The summed E-state index contributed by atoms with van der Waals surface area (Å²) >= 11 is 0. The van der Waals surface area contributed by atoms with Gasteiger partial charge in [0, 0.05) is 12.1 Å². The number of nitrogens with one attached hydrogen (secondary N) is 1. The van der Waals surface area contributed by atoms with Crippen molar-refractivity contribution in [3.8, 4) is 5.88 Å². The summed E-state index contributed by atoms with van der Waals surface area (Å²) in [7, 11) is 1.65. The number of nitrogens with zero attached hydrogens (tertiary/aromatic N) is 1. The third-order valence-electron chi connectivity index (χ3n) is 3.12. The van der Waals surface area contributed by atoms with Crippen molar-refractivity contribution in [3.05, 3.63) is 29.5 Å². The van der Waals surface area contributed by atoms with Gasteiger partial charge in [0.05, 0.1) is 12.8 Å². The van der Waals surface area contributed by atoms with Gasteiger partial charge in [-0.1, -0.05) is 19.6 Å². The van der Waals surface area contributed by atoms with Gasteiger partial charge in [-0.05, 0) is 30.5 Å². The first-order valence-electron chi connectivity index (χ1n) is 5.67. The normalized spacial score (nSPS) is 19.8. The van der Waals surface area contributed by atoms with Crippen LogP contribution in [-0.2, 0) is 6.54 Å². The Morgan fingerprint density at radius 2 is 2.44 bits per heavy atom. The minimum absolute atomic E-state index is 0.544. The number of fused-ring (bicyclic) bond motifs is 1. The van der Waals surface area contributed by atoms with E-state index in [9.17, 15) is 0 Å². The first-order chi connectivity index (χ1) is 7.76. The fraction of sp³-hybridized carbons (Fsp3) is 0.462. The summed E-state index contributed by atoms with van der Waals surface area (Å²) in [5.41, 5.74) is 3.41. The van der Waals surface area contributed by atoms with Crippen LogP contribution in [0.2, 0.25) is 0 Å². The first-order valence-corrected chi connectivity index (χ1v) is 5.67. The highest BCUT2D eigenvalue weighted by atomic mass is 16.5. The van der Waals surface area contributed by atoms with Crippen LogP contribution in [-0.4, -0.2) is 18.6 Å². The second-order valence-electron chi connectivity index (χ2n) is 4.19. The monoisotopic (exact) mass is 218 g/mol. The van der Waals surface area contributed by atoms with E-state index >= 15 is 0 Å². The van der Waals surface area contributed by atoms with Crippen molar-refractivity contribution in [2.24, 2.45) is 0 Å². The largest absolute Gasteiger partial charge is 0.481 e. The van der Waals surface area contributed by atoms with Gasteiger partial charge < -0.3 is 10.1 Å². The van der Waals surface area contributed by atoms with E-state index < -0.39 is 0 Å². The minimum Gasteiger partial charge on any atom is -0.481 e. The molecule has 2 heterocycles. The zero-order valence-corrected chi connectivity index (χ0v) is 9.92. The fourth-order valence-electron chi connectivity index (χ4n) is 2.12. The molecule has 3 nitrogen and oxygen atoms in total. The van der Waals surface area contributed by atoms with E-state index in [2.05, 4.69) is 29.9 Å². The van der Waals surface area contributed by atoms with Gasteiger partial charge in [-0.3, -0.25) is 0 Å². The molecule has 0 radical (unpaired) electrons. The van der Waals surface area contributed by atoms with E-state index in [4.69, 9.17) is 4.74 Å². The summed E-state index contributed by atoms with van der Waals surface area (Å²) in [6, 6.07) is 2.16. The van der Waals surface area contributed by atoms with Crippen molar-refractivity contribution in [1.82, 2.24) is 10.3 Å². The van der Waals surface area contributed by atoms with Gasteiger partial charge in [0.15, 0.2) is 0 Å². The predicted molar refractivity (Wildman–Crippen MR) is 65.6 cm³/mol. The fourth-order valence-corrected chi connectivity index (χ4v) is 2.12. The number of methoxy groups -OCH3 is 1. The van der Waals surface area contributed by atoms with Crippen LogP contribution >= 0.6 is 0 Å². The maximum atomic E-state index is 5.27. The van der Waals surface area contributed by atoms with E-state index in [0.29, 0.717) is 11.8 Å². The highest BCUT2D eigenvalue weighted by Crippen LogP contribution is 2.29. The average Bonchev–Trinajstić information content (AvgIpc) is 2.49. The Balaban J connectivity index is 2.51. The van der Waals surface area contributed by atoms with E-state index in [1.54, 1.807) is 13.2 Å². The SMILES string of the molecule is C=Cc1cc2c(nc1OC)CNCCC2C. The molecule has 0 amide bonds. The molecule has 0 spiro atoms. The molecule has 3 heteroatoms. The van der Waals surface area contributed by atoms with Gasteiger partial charge in [-0.15, -0.1) is 0 Å². The van der Waals surface area contributed by atoms with Gasteiger partial charge in [0.25, 0.3) is 0 Å². The van der Waals surface area contributed by atoms with Crippen LogP contribution in [0.5, 0.6) is 5.88 Å². The molecule has 1 aromatic rings. The molecule has 0 saturated heterocycles. The molecule has 1 aromatic heterocycles. The molecule has 86 valence electrons. The van der Waals surface area contributed by atoms with Crippen LogP contribution in [0.1, 0.15) is 36.1 Å². The van der Waals surface area contributed by atoms with Crippen LogP contribution in [0.4, 0.5) is 0 Å². The smallest absolute Gasteiger partial charge is 0.220 e. The molecule has 1 aliphatic heterocycles. The second kappa shape index (κ2) is 4.66. The van der Waals surface area contributed by atoms with Gasteiger partial charge >= 0.3 is 0 Å². The zero-order chi connectivity index (χ0) is 11.5. The second-order valence-corrected chi connectivity index (χ2v) is 4.19. The molecule has 0 saturated carbocycles. The molecule has 0 aromatic carbocycles. The lowest BCUT2D eigenvalue weighted by Gasteiger charge is -2.14. The highest BCUT2D eigenvalue weighted by molar-refractivity contribution is 5.55. The standard InChI is InChI=1S/C13H18N2O/c1-4-10-7-11-9(2)5-6-14-8-12(11)15-13(10)16-3/h4,7,9,14H,1,5-6,8H2,2-3H3. The molecular weight excluding hydrogens is 200 g/mol. The number of pyridine rings is 1. The molecule has 2 rings (SSSR count). The van der Waals surface area contributed by atoms with Crippen LogP contribution < -0.4 is 10.1 Å². The number of ether oxygens (including phenoxy) is 1. The Hall–Kier alpha value is -1.35. The van der Waals surface area contributed by atoms with E-state index in [1.165, 1.54) is 5.56 Å². The summed E-state index contributed by atoms with van der Waals surface area (Å²) < 4.78 is 5.27. The lowest BCUT2D eigenvalue weighted by atomic mass is 9.96. The number of aromatic nitrogens is 1. The Bertz CT molecular complexity index is 401. The summed E-state index contributed by atoms with van der Waals surface area (Å²) in [5.74, 6) is 1.21. The third-order valence-corrected chi connectivity index (χ3v) is 3.12. The van der Waals surface area contributed by atoms with E-state index in [1.807, 2.05) is 0 Å². The minimum atomic E-state index is 0.544. The average molecular weight is 218 g/mol. The van der Waals surface area contributed by atoms with Gasteiger partial charge in [-0.25, -0.2) is 4.98 Å². The van der Waals surface area contributed by atoms with Gasteiger partial charge in [-0.2, -0.15) is 0 Å². The molecular formula is C13H18N2O. The topological polar surface area (TPSA) is 34.1 Å². The van der Waals surface area contributed by atoms with E-state index in [-0.39, 0.29) is 0 Å². The summed E-state index contributed by atoms with van der Waals surface area (Å²) in [4.78, 5) is 4.56. The van der Waals surface area contributed by atoms with Crippen molar-refractivity contribution in [2.75, 3.05) is 13.7 Å². The first kappa shape index (κ1) is 11.1. The molecule has 0 fully saturated rings. The Morgan fingerprint density at radius 1 is 1.62 bits per heavy atom. The van der Waals surface area contributed by atoms with Crippen molar-refractivity contribution in [1.29, 1.82) is 0 Å². The lowest BCUT2D eigenvalue weighted by molar-refractivity contribution is 0.394. The van der Waals surface area contributed by atoms with E-state index in [0.717, 1.165) is 30.8 Å². The summed E-state index contributed by atoms with van der Waals surface area (Å²) in [6.45, 7) is 7.92. The van der Waals surface area contributed by atoms with Crippen LogP contribution in [0.3, 0.4) is 0 Å². The van der Waals surface area contributed by atoms with Crippen molar-refractivity contribution in [2.45, 2.75) is 25.8 Å². The lowest BCUT2D eigenvalue weighted by Crippen LogP contribution is -2.13. The molecule has 1 N–H and O–H groups in total. The summed E-state index contributed by atoms with van der Waals surface area (Å²) in [5, 5.41) is 3.38. The third kappa shape index (κ3) is 1.95.